The van der Waals surface area contributed by atoms with Gasteiger partial charge in [-0.05, 0) is 62.1 Å². The van der Waals surface area contributed by atoms with Crippen LogP contribution in [0.3, 0.4) is 0 Å². The number of nitrogens with zero attached hydrogens (tertiary/aromatic N) is 2. The topological polar surface area (TPSA) is 76.8 Å². The first-order chi connectivity index (χ1) is 20.0. The number of carbonyl (C=O) groups excluding carboxylic acids is 1. The molecule has 0 aliphatic rings. The van der Waals surface area contributed by atoms with E-state index in [1.807, 2.05) is 110 Å². The van der Waals surface area contributed by atoms with Crippen molar-refractivity contribution in [1.82, 2.24) is 15.2 Å². The SMILES string of the molecule is CN(C)Cc1ccc(C(Cc2cc(Cl)c3cccnc3c2OCc2ccccc2)NC(=O)COc2ccccc2)o1. The molecule has 7 nitrogen and oxygen atoms in total. The molecule has 2 aromatic heterocycles. The quantitative estimate of drug-likeness (QED) is 0.182. The van der Waals surface area contributed by atoms with Crippen LogP contribution in [0, 0.1) is 0 Å². The van der Waals surface area contributed by atoms with Crippen molar-refractivity contribution >= 4 is 28.4 Å². The number of benzene rings is 3. The Hall–Kier alpha value is -4.33. The van der Waals surface area contributed by atoms with Crippen LogP contribution < -0.4 is 14.8 Å². The van der Waals surface area contributed by atoms with E-state index in [-0.39, 0.29) is 12.5 Å². The van der Waals surface area contributed by atoms with Crippen molar-refractivity contribution in [3.63, 3.8) is 0 Å². The number of furan rings is 1. The first-order valence-corrected chi connectivity index (χ1v) is 13.8. The van der Waals surface area contributed by atoms with Crippen molar-refractivity contribution < 1.29 is 18.7 Å². The molecular formula is C33H32ClN3O4. The maximum Gasteiger partial charge on any atom is 0.258 e. The van der Waals surface area contributed by atoms with Gasteiger partial charge in [0.1, 0.15) is 35.1 Å². The van der Waals surface area contributed by atoms with Gasteiger partial charge >= 0.3 is 0 Å². The Labute approximate surface area is 244 Å². The molecule has 0 aliphatic carbocycles. The average molecular weight is 570 g/mol. The van der Waals surface area contributed by atoms with Crippen LogP contribution in [-0.4, -0.2) is 36.5 Å². The van der Waals surface area contributed by atoms with E-state index in [4.69, 9.17) is 25.5 Å². The number of ether oxygens (including phenoxy) is 2. The number of carbonyl (C=O) groups is 1. The number of para-hydroxylation sites is 1. The van der Waals surface area contributed by atoms with Crippen LogP contribution >= 0.6 is 11.6 Å². The van der Waals surface area contributed by atoms with Gasteiger partial charge in [0, 0.05) is 23.6 Å². The Morgan fingerprint density at radius 2 is 1.73 bits per heavy atom. The Bertz CT molecular complexity index is 1590. The summed E-state index contributed by atoms with van der Waals surface area (Å²) in [7, 11) is 3.95. The lowest BCUT2D eigenvalue weighted by Crippen LogP contribution is -2.33. The summed E-state index contributed by atoms with van der Waals surface area (Å²) in [5, 5.41) is 4.45. The molecule has 0 spiro atoms. The number of rotatable bonds is 12. The predicted molar refractivity (Wildman–Crippen MR) is 160 cm³/mol. The highest BCUT2D eigenvalue weighted by atomic mass is 35.5. The highest BCUT2D eigenvalue weighted by Crippen LogP contribution is 2.37. The number of amides is 1. The first kappa shape index (κ1) is 28.2. The zero-order valence-electron chi connectivity index (χ0n) is 23.0. The molecule has 41 heavy (non-hydrogen) atoms. The van der Waals surface area contributed by atoms with Gasteiger partial charge in [0.15, 0.2) is 6.61 Å². The van der Waals surface area contributed by atoms with E-state index in [2.05, 4.69) is 10.3 Å². The summed E-state index contributed by atoms with van der Waals surface area (Å²) in [6, 6.07) is 28.1. The van der Waals surface area contributed by atoms with Crippen molar-refractivity contribution in [1.29, 1.82) is 0 Å². The highest BCUT2D eigenvalue weighted by Gasteiger charge is 2.24. The second-order valence-corrected chi connectivity index (χ2v) is 10.4. The van der Waals surface area contributed by atoms with Gasteiger partial charge in [-0.25, -0.2) is 0 Å². The highest BCUT2D eigenvalue weighted by molar-refractivity contribution is 6.35. The third kappa shape index (κ3) is 7.45. The van der Waals surface area contributed by atoms with Gasteiger partial charge < -0.3 is 24.1 Å². The van der Waals surface area contributed by atoms with E-state index in [9.17, 15) is 4.79 Å². The Morgan fingerprint density at radius 3 is 2.49 bits per heavy atom. The van der Waals surface area contributed by atoms with Gasteiger partial charge in [-0.2, -0.15) is 0 Å². The molecule has 5 rings (SSSR count). The lowest BCUT2D eigenvalue weighted by molar-refractivity contribution is -0.124. The maximum absolute atomic E-state index is 13.1. The van der Waals surface area contributed by atoms with Gasteiger partial charge in [0.05, 0.1) is 17.6 Å². The molecule has 5 aromatic rings. The van der Waals surface area contributed by atoms with E-state index in [1.165, 1.54) is 0 Å². The number of hydrogen-bond donors (Lipinski definition) is 1. The fourth-order valence-corrected chi connectivity index (χ4v) is 4.88. The third-order valence-electron chi connectivity index (χ3n) is 6.47. The van der Waals surface area contributed by atoms with E-state index in [0.717, 1.165) is 22.3 Å². The standard InChI is InChI=1S/C33H32ClN3O4/c1-37(2)20-26-15-16-30(41-26)29(36-31(38)22-39-25-12-7-4-8-13-25)19-24-18-28(34)27-14-9-17-35-32(27)33(24)40-21-23-10-5-3-6-11-23/h3-18,29H,19-22H2,1-2H3,(H,36,38). The Kier molecular flexibility index (Phi) is 9.19. The van der Waals surface area contributed by atoms with Crippen molar-refractivity contribution in [3.8, 4) is 11.5 Å². The lowest BCUT2D eigenvalue weighted by Gasteiger charge is -2.21. The molecule has 2 heterocycles. The number of hydrogen-bond acceptors (Lipinski definition) is 6. The summed E-state index contributed by atoms with van der Waals surface area (Å²) >= 11 is 6.73. The van der Waals surface area contributed by atoms with Crippen LogP contribution in [0.15, 0.2) is 102 Å². The molecule has 1 atom stereocenters. The second kappa shape index (κ2) is 13.4. The Balaban J connectivity index is 1.45. The molecule has 3 aromatic carbocycles. The van der Waals surface area contributed by atoms with Crippen LogP contribution in [0.4, 0.5) is 0 Å². The van der Waals surface area contributed by atoms with Crippen LogP contribution in [0.1, 0.15) is 28.7 Å². The number of pyridine rings is 1. The van der Waals surface area contributed by atoms with Gasteiger partial charge in [0.2, 0.25) is 0 Å². The molecule has 0 bridgehead atoms. The smallest absolute Gasteiger partial charge is 0.258 e. The van der Waals surface area contributed by atoms with E-state index >= 15 is 0 Å². The molecule has 8 heteroatoms. The summed E-state index contributed by atoms with van der Waals surface area (Å²) < 4.78 is 18.3. The minimum Gasteiger partial charge on any atom is -0.486 e. The van der Waals surface area contributed by atoms with Crippen LogP contribution in [0.2, 0.25) is 5.02 Å². The number of aromatic nitrogens is 1. The van der Waals surface area contributed by atoms with Crippen LogP contribution in [-0.2, 0) is 24.4 Å². The van der Waals surface area contributed by atoms with Gasteiger partial charge in [-0.1, -0.05) is 60.1 Å². The summed E-state index contributed by atoms with van der Waals surface area (Å²) in [6.45, 7) is 0.856. The zero-order chi connectivity index (χ0) is 28.6. The zero-order valence-corrected chi connectivity index (χ0v) is 23.8. The summed E-state index contributed by atoms with van der Waals surface area (Å²) in [4.78, 5) is 19.7. The number of fused-ring (bicyclic) bond motifs is 1. The number of nitrogens with one attached hydrogen (secondary N) is 1. The van der Waals surface area contributed by atoms with E-state index in [0.29, 0.717) is 47.4 Å². The molecule has 0 saturated carbocycles. The summed E-state index contributed by atoms with van der Waals surface area (Å²) in [6.07, 6.45) is 2.08. The molecule has 1 unspecified atom stereocenters. The minimum absolute atomic E-state index is 0.136. The van der Waals surface area contributed by atoms with Crippen molar-refractivity contribution in [2.75, 3.05) is 20.7 Å². The molecule has 1 amide bonds. The third-order valence-corrected chi connectivity index (χ3v) is 6.78. The van der Waals surface area contributed by atoms with Crippen LogP contribution in [0.25, 0.3) is 10.9 Å². The van der Waals surface area contributed by atoms with Gasteiger partial charge in [-0.15, -0.1) is 0 Å². The maximum atomic E-state index is 13.1. The molecule has 210 valence electrons. The fraction of sp³-hybridized carbons (Fsp3) is 0.212. The van der Waals surface area contributed by atoms with E-state index < -0.39 is 6.04 Å². The van der Waals surface area contributed by atoms with E-state index in [1.54, 1.807) is 6.20 Å². The van der Waals surface area contributed by atoms with Crippen molar-refractivity contribution in [2.24, 2.45) is 0 Å². The lowest BCUT2D eigenvalue weighted by atomic mass is 10.0. The molecular weight excluding hydrogens is 538 g/mol. The van der Waals surface area contributed by atoms with Gasteiger partial charge in [0.25, 0.3) is 5.91 Å². The number of halogens is 1. The normalized spacial score (nSPS) is 11.9. The Morgan fingerprint density at radius 1 is 0.976 bits per heavy atom. The molecule has 0 radical (unpaired) electrons. The largest absolute Gasteiger partial charge is 0.486 e. The monoisotopic (exact) mass is 569 g/mol. The van der Waals surface area contributed by atoms with Crippen LogP contribution in [0.5, 0.6) is 11.5 Å². The second-order valence-electron chi connectivity index (χ2n) is 9.99. The average Bonchev–Trinajstić information content (AvgIpc) is 3.44. The summed E-state index contributed by atoms with van der Waals surface area (Å²) in [5.41, 5.74) is 2.49. The first-order valence-electron chi connectivity index (χ1n) is 13.4. The summed E-state index contributed by atoms with van der Waals surface area (Å²) in [5.74, 6) is 2.38. The molecule has 0 fully saturated rings. The fourth-order valence-electron chi connectivity index (χ4n) is 4.59. The van der Waals surface area contributed by atoms with Crippen molar-refractivity contribution in [2.45, 2.75) is 25.6 Å². The predicted octanol–water partition coefficient (Wildman–Crippen LogP) is 6.60. The van der Waals surface area contributed by atoms with Crippen molar-refractivity contribution in [3.05, 3.63) is 125 Å². The van der Waals surface area contributed by atoms with Gasteiger partial charge in [-0.3, -0.25) is 9.78 Å². The molecule has 1 N–H and O–H groups in total. The minimum atomic E-state index is -0.505. The molecule has 0 aliphatic heterocycles. The molecule has 0 saturated heterocycles.